The Balaban J connectivity index is 1.48. The van der Waals surface area contributed by atoms with E-state index in [1.807, 2.05) is 41.1 Å². The molecule has 0 radical (unpaired) electrons. The molecule has 0 bridgehead atoms. The molecule has 5 nitrogen and oxygen atoms in total. The van der Waals surface area contributed by atoms with Crippen molar-refractivity contribution in [1.29, 1.82) is 0 Å². The molecule has 170 valence electrons. The number of hydrogen-bond donors (Lipinski definition) is 1. The number of amides is 3. The number of fused-ring (bicyclic) bond motifs is 1. The summed E-state index contributed by atoms with van der Waals surface area (Å²) >= 11 is 12.4. The van der Waals surface area contributed by atoms with Crippen LogP contribution in [0.25, 0.3) is 17.0 Å². The standard InChI is InChI=1S/C26H18Cl2FN3O2/c27-19-10-9-16(21(28)12-19)13-31-14-18(20-6-2-4-8-24(20)31)11-23-25(33)32(26(34)30-23)15-17-5-1-3-7-22(17)29/h1-12,14H,13,15H2,(H,30,34). The summed E-state index contributed by atoms with van der Waals surface area (Å²) < 4.78 is 16.1. The van der Waals surface area contributed by atoms with Gasteiger partial charge in [0.05, 0.1) is 6.54 Å². The van der Waals surface area contributed by atoms with E-state index in [9.17, 15) is 14.0 Å². The number of aromatic nitrogens is 1. The molecule has 1 saturated heterocycles. The first-order valence-electron chi connectivity index (χ1n) is 10.5. The van der Waals surface area contributed by atoms with E-state index in [4.69, 9.17) is 23.2 Å². The summed E-state index contributed by atoms with van der Waals surface area (Å²) in [6, 6.07) is 18.6. The Bertz CT molecular complexity index is 1480. The molecule has 1 aromatic heterocycles. The van der Waals surface area contributed by atoms with Crippen molar-refractivity contribution in [2.75, 3.05) is 0 Å². The average molecular weight is 494 g/mol. The number of urea groups is 1. The highest BCUT2D eigenvalue weighted by molar-refractivity contribution is 6.35. The predicted octanol–water partition coefficient (Wildman–Crippen LogP) is 6.23. The van der Waals surface area contributed by atoms with Crippen LogP contribution in [0.3, 0.4) is 0 Å². The van der Waals surface area contributed by atoms with Gasteiger partial charge in [0.25, 0.3) is 5.91 Å². The molecule has 0 aliphatic carbocycles. The molecule has 0 unspecified atom stereocenters. The minimum absolute atomic E-state index is 0.133. The zero-order valence-corrected chi connectivity index (χ0v) is 19.3. The highest BCUT2D eigenvalue weighted by Crippen LogP contribution is 2.28. The first kappa shape index (κ1) is 22.2. The second kappa shape index (κ2) is 8.97. The molecule has 0 spiro atoms. The fraction of sp³-hybridized carbons (Fsp3) is 0.0769. The summed E-state index contributed by atoms with van der Waals surface area (Å²) in [7, 11) is 0. The number of carbonyl (C=O) groups excluding carboxylic acids is 2. The van der Waals surface area contributed by atoms with Crippen LogP contribution in [0.4, 0.5) is 9.18 Å². The van der Waals surface area contributed by atoms with Crippen LogP contribution in [0.1, 0.15) is 16.7 Å². The minimum Gasteiger partial charge on any atom is -0.342 e. The van der Waals surface area contributed by atoms with Gasteiger partial charge in [-0.2, -0.15) is 0 Å². The Hall–Kier alpha value is -3.61. The second-order valence-corrected chi connectivity index (χ2v) is 8.78. The van der Waals surface area contributed by atoms with Crippen molar-refractivity contribution >= 4 is 52.1 Å². The number of rotatable bonds is 5. The monoisotopic (exact) mass is 493 g/mol. The third-order valence-electron chi connectivity index (χ3n) is 5.72. The van der Waals surface area contributed by atoms with Gasteiger partial charge in [0.15, 0.2) is 0 Å². The van der Waals surface area contributed by atoms with Crippen molar-refractivity contribution in [3.8, 4) is 0 Å². The molecule has 1 aliphatic heterocycles. The number of benzene rings is 3. The van der Waals surface area contributed by atoms with E-state index in [2.05, 4.69) is 5.32 Å². The summed E-state index contributed by atoms with van der Waals surface area (Å²) in [5.74, 6) is -0.977. The Morgan fingerprint density at radius 3 is 2.47 bits per heavy atom. The number of halogens is 3. The molecule has 8 heteroatoms. The first-order valence-corrected chi connectivity index (χ1v) is 11.3. The number of hydrogen-bond acceptors (Lipinski definition) is 2. The van der Waals surface area contributed by atoms with Crippen LogP contribution in [-0.4, -0.2) is 21.4 Å². The molecule has 0 saturated carbocycles. The van der Waals surface area contributed by atoms with Gasteiger partial charge in [-0.05, 0) is 35.9 Å². The van der Waals surface area contributed by atoms with Gasteiger partial charge in [0, 0.05) is 44.8 Å². The Morgan fingerprint density at radius 2 is 1.68 bits per heavy atom. The number of nitrogens with one attached hydrogen (secondary N) is 1. The molecule has 1 aliphatic rings. The van der Waals surface area contributed by atoms with Crippen LogP contribution in [0.2, 0.25) is 10.0 Å². The van der Waals surface area contributed by atoms with Crippen LogP contribution < -0.4 is 5.32 Å². The summed E-state index contributed by atoms with van der Waals surface area (Å²) in [4.78, 5) is 26.4. The van der Waals surface area contributed by atoms with Crippen molar-refractivity contribution in [2.24, 2.45) is 0 Å². The largest absolute Gasteiger partial charge is 0.342 e. The lowest BCUT2D eigenvalue weighted by Gasteiger charge is -2.12. The molecule has 1 N–H and O–H groups in total. The maximum atomic E-state index is 14.0. The number of nitrogens with zero attached hydrogens (tertiary/aromatic N) is 2. The van der Waals surface area contributed by atoms with Crippen LogP contribution >= 0.6 is 23.2 Å². The molecule has 3 aromatic carbocycles. The van der Waals surface area contributed by atoms with E-state index in [1.165, 1.54) is 6.07 Å². The van der Waals surface area contributed by atoms with Crippen LogP contribution in [0, 0.1) is 5.82 Å². The zero-order valence-electron chi connectivity index (χ0n) is 17.8. The Labute approximate surface area is 205 Å². The lowest BCUT2D eigenvalue weighted by atomic mass is 10.1. The van der Waals surface area contributed by atoms with Gasteiger partial charge in [-0.15, -0.1) is 0 Å². The van der Waals surface area contributed by atoms with Gasteiger partial charge in [-0.1, -0.05) is 65.7 Å². The number of para-hydroxylation sites is 1. The first-order chi connectivity index (χ1) is 16.4. The van der Waals surface area contributed by atoms with Crippen molar-refractivity contribution < 1.29 is 14.0 Å². The fourth-order valence-electron chi connectivity index (χ4n) is 4.02. The quantitative estimate of drug-likeness (QED) is 0.264. The molecular weight excluding hydrogens is 476 g/mol. The van der Waals surface area contributed by atoms with Gasteiger partial charge in [0.2, 0.25) is 0 Å². The van der Waals surface area contributed by atoms with Gasteiger partial charge >= 0.3 is 6.03 Å². The van der Waals surface area contributed by atoms with E-state index in [1.54, 1.807) is 36.4 Å². The van der Waals surface area contributed by atoms with E-state index in [-0.39, 0.29) is 17.8 Å². The van der Waals surface area contributed by atoms with Crippen molar-refractivity contribution in [3.63, 3.8) is 0 Å². The highest BCUT2D eigenvalue weighted by atomic mass is 35.5. The Morgan fingerprint density at radius 1 is 0.912 bits per heavy atom. The molecule has 1 fully saturated rings. The van der Waals surface area contributed by atoms with Crippen LogP contribution in [-0.2, 0) is 17.9 Å². The van der Waals surface area contributed by atoms with E-state index >= 15 is 0 Å². The summed E-state index contributed by atoms with van der Waals surface area (Å²) in [5, 5.41) is 4.65. The topological polar surface area (TPSA) is 54.3 Å². The lowest BCUT2D eigenvalue weighted by Crippen LogP contribution is -2.30. The Kier molecular flexibility index (Phi) is 5.86. The third kappa shape index (κ3) is 4.18. The van der Waals surface area contributed by atoms with Gasteiger partial charge in [-0.25, -0.2) is 9.18 Å². The molecule has 34 heavy (non-hydrogen) atoms. The zero-order chi connectivity index (χ0) is 23.8. The number of carbonyl (C=O) groups is 2. The van der Waals surface area contributed by atoms with Gasteiger partial charge in [-0.3, -0.25) is 9.69 Å². The normalized spacial score (nSPS) is 14.9. The summed E-state index contributed by atoms with van der Waals surface area (Å²) in [5.41, 5.74) is 3.00. The molecule has 4 aromatic rings. The number of imide groups is 1. The van der Waals surface area contributed by atoms with Crippen molar-refractivity contribution in [2.45, 2.75) is 13.1 Å². The average Bonchev–Trinajstić information content (AvgIpc) is 3.29. The maximum Gasteiger partial charge on any atom is 0.329 e. The second-order valence-electron chi connectivity index (χ2n) is 7.94. The summed E-state index contributed by atoms with van der Waals surface area (Å²) in [6.07, 6.45) is 3.55. The molecule has 5 rings (SSSR count). The fourth-order valence-corrected chi connectivity index (χ4v) is 4.49. The van der Waals surface area contributed by atoms with Gasteiger partial charge < -0.3 is 9.88 Å². The predicted molar refractivity (Wildman–Crippen MR) is 131 cm³/mol. The molecule has 0 atom stereocenters. The SMILES string of the molecule is O=C1NC(=Cc2cn(Cc3ccc(Cl)cc3Cl)c3ccccc23)C(=O)N1Cc1ccccc1F. The van der Waals surface area contributed by atoms with Crippen molar-refractivity contribution in [3.05, 3.63) is 111 Å². The molecule has 2 heterocycles. The smallest absolute Gasteiger partial charge is 0.329 e. The van der Waals surface area contributed by atoms with E-state index < -0.39 is 17.8 Å². The summed E-state index contributed by atoms with van der Waals surface area (Å²) in [6.45, 7) is 0.352. The van der Waals surface area contributed by atoms with Crippen molar-refractivity contribution in [1.82, 2.24) is 14.8 Å². The van der Waals surface area contributed by atoms with Crippen LogP contribution in [0.5, 0.6) is 0 Å². The molecule has 3 amide bonds. The van der Waals surface area contributed by atoms with E-state index in [0.29, 0.717) is 16.6 Å². The van der Waals surface area contributed by atoms with E-state index in [0.717, 1.165) is 26.9 Å². The third-order valence-corrected chi connectivity index (χ3v) is 6.31. The minimum atomic E-state index is -0.587. The van der Waals surface area contributed by atoms with Gasteiger partial charge in [0.1, 0.15) is 11.5 Å². The highest BCUT2D eigenvalue weighted by Gasteiger charge is 2.34. The lowest BCUT2D eigenvalue weighted by molar-refractivity contribution is -0.123. The maximum absolute atomic E-state index is 14.0. The van der Waals surface area contributed by atoms with Crippen LogP contribution in [0.15, 0.2) is 78.6 Å². The molecular formula is C26H18Cl2FN3O2.